The lowest BCUT2D eigenvalue weighted by Gasteiger charge is -2.19. The zero-order valence-electron chi connectivity index (χ0n) is 15.5. The summed E-state index contributed by atoms with van der Waals surface area (Å²) in [5, 5.41) is 3.14. The maximum Gasteiger partial charge on any atom is 0.255 e. The van der Waals surface area contributed by atoms with E-state index in [-0.39, 0.29) is 18.6 Å². The second kappa shape index (κ2) is 8.12. The topological polar surface area (TPSA) is 90.7 Å². The van der Waals surface area contributed by atoms with Gasteiger partial charge in [-0.3, -0.25) is 9.59 Å². The fraction of sp³-hybridized carbons (Fsp3) is 0.333. The van der Waals surface area contributed by atoms with Crippen molar-refractivity contribution in [1.82, 2.24) is 5.32 Å². The van der Waals surface area contributed by atoms with E-state index < -0.39 is 5.91 Å². The Morgan fingerprint density at radius 3 is 2.44 bits per heavy atom. The third-order valence-electron chi connectivity index (χ3n) is 4.61. The summed E-state index contributed by atoms with van der Waals surface area (Å²) in [6.07, 6.45) is 2.23. The number of amides is 2. The molecule has 1 aliphatic rings. The monoisotopic (exact) mass is 368 g/mol. The van der Waals surface area contributed by atoms with Gasteiger partial charge in [0, 0.05) is 5.56 Å². The van der Waals surface area contributed by atoms with E-state index >= 15 is 0 Å². The molecule has 0 spiro atoms. The van der Waals surface area contributed by atoms with Gasteiger partial charge < -0.3 is 20.5 Å². The first-order valence-electron chi connectivity index (χ1n) is 8.94. The van der Waals surface area contributed by atoms with Gasteiger partial charge in [0.05, 0.1) is 13.2 Å². The standard InChI is InChI=1S/C21H24N2O4/c1-13-3-5-14(6-4-13)20(15-7-8-15)23-21(25)16-9-10-17(18(11-16)26-2)27-12-19(22)24/h3-6,9-11,15,20H,7-8,12H2,1-2H3,(H2,22,24)(H,23,25). The largest absolute Gasteiger partial charge is 0.493 e. The number of benzene rings is 2. The molecule has 6 nitrogen and oxygen atoms in total. The minimum atomic E-state index is -0.579. The lowest BCUT2D eigenvalue weighted by atomic mass is 10.0. The highest BCUT2D eigenvalue weighted by atomic mass is 16.5. The molecule has 27 heavy (non-hydrogen) atoms. The van der Waals surface area contributed by atoms with Crippen LogP contribution in [0.4, 0.5) is 0 Å². The summed E-state index contributed by atoms with van der Waals surface area (Å²) in [7, 11) is 1.48. The molecule has 3 N–H and O–H groups in total. The van der Waals surface area contributed by atoms with Gasteiger partial charge in [-0.1, -0.05) is 29.8 Å². The molecule has 1 aliphatic carbocycles. The molecular formula is C21H24N2O4. The summed E-state index contributed by atoms with van der Waals surface area (Å²) in [6, 6.07) is 13.1. The Hall–Kier alpha value is -3.02. The predicted octanol–water partition coefficient (Wildman–Crippen LogP) is 2.75. The summed E-state index contributed by atoms with van der Waals surface area (Å²) >= 11 is 0. The van der Waals surface area contributed by atoms with Gasteiger partial charge in [0.25, 0.3) is 11.8 Å². The zero-order chi connectivity index (χ0) is 19.4. The quantitative estimate of drug-likeness (QED) is 0.750. The van der Waals surface area contributed by atoms with E-state index in [9.17, 15) is 9.59 Å². The molecule has 0 radical (unpaired) electrons. The minimum Gasteiger partial charge on any atom is -0.493 e. The van der Waals surface area contributed by atoms with Crippen molar-refractivity contribution < 1.29 is 19.1 Å². The van der Waals surface area contributed by atoms with Gasteiger partial charge in [0.15, 0.2) is 18.1 Å². The summed E-state index contributed by atoms with van der Waals surface area (Å²) < 4.78 is 10.6. The van der Waals surface area contributed by atoms with Crippen molar-refractivity contribution in [3.05, 3.63) is 59.2 Å². The first-order chi connectivity index (χ1) is 13.0. The molecule has 0 heterocycles. The Labute approximate surface area is 158 Å². The average molecular weight is 368 g/mol. The van der Waals surface area contributed by atoms with Crippen LogP contribution >= 0.6 is 0 Å². The van der Waals surface area contributed by atoms with Gasteiger partial charge >= 0.3 is 0 Å². The molecule has 2 aromatic carbocycles. The fourth-order valence-electron chi connectivity index (χ4n) is 2.98. The number of nitrogens with one attached hydrogen (secondary N) is 1. The van der Waals surface area contributed by atoms with Crippen LogP contribution in [0.25, 0.3) is 0 Å². The molecule has 1 atom stereocenters. The molecule has 0 aromatic heterocycles. The molecule has 2 amide bonds. The number of carbonyl (C=O) groups is 2. The fourth-order valence-corrected chi connectivity index (χ4v) is 2.98. The van der Waals surface area contributed by atoms with E-state index in [0.29, 0.717) is 23.0 Å². The van der Waals surface area contributed by atoms with Crippen LogP contribution in [0.3, 0.4) is 0 Å². The maximum atomic E-state index is 12.8. The smallest absolute Gasteiger partial charge is 0.255 e. The lowest BCUT2D eigenvalue weighted by Crippen LogP contribution is -2.30. The summed E-state index contributed by atoms with van der Waals surface area (Å²) in [5.74, 6) is 0.459. The van der Waals surface area contributed by atoms with E-state index in [4.69, 9.17) is 15.2 Å². The van der Waals surface area contributed by atoms with Crippen molar-refractivity contribution in [1.29, 1.82) is 0 Å². The molecule has 1 fully saturated rings. The Morgan fingerprint density at radius 2 is 1.85 bits per heavy atom. The number of carbonyl (C=O) groups excluding carboxylic acids is 2. The van der Waals surface area contributed by atoms with Crippen LogP contribution in [-0.4, -0.2) is 25.5 Å². The van der Waals surface area contributed by atoms with E-state index in [2.05, 4.69) is 29.6 Å². The van der Waals surface area contributed by atoms with Gasteiger partial charge in [-0.05, 0) is 49.4 Å². The first-order valence-corrected chi connectivity index (χ1v) is 8.94. The molecule has 0 aliphatic heterocycles. The third kappa shape index (κ3) is 4.78. The van der Waals surface area contributed by atoms with E-state index in [1.165, 1.54) is 12.7 Å². The van der Waals surface area contributed by atoms with E-state index in [0.717, 1.165) is 18.4 Å². The van der Waals surface area contributed by atoms with Gasteiger partial charge in [0.1, 0.15) is 0 Å². The van der Waals surface area contributed by atoms with E-state index in [1.807, 2.05) is 6.92 Å². The van der Waals surface area contributed by atoms with Crippen LogP contribution in [0.2, 0.25) is 0 Å². The van der Waals surface area contributed by atoms with Crippen molar-refractivity contribution in [2.45, 2.75) is 25.8 Å². The van der Waals surface area contributed by atoms with Crippen LogP contribution in [0.15, 0.2) is 42.5 Å². The Bertz CT molecular complexity index is 829. The number of hydrogen-bond acceptors (Lipinski definition) is 4. The van der Waals surface area contributed by atoms with Crippen LogP contribution in [0.5, 0.6) is 11.5 Å². The maximum absolute atomic E-state index is 12.8. The van der Waals surface area contributed by atoms with Crippen LogP contribution < -0.4 is 20.5 Å². The van der Waals surface area contributed by atoms with Crippen molar-refractivity contribution in [2.75, 3.05) is 13.7 Å². The van der Waals surface area contributed by atoms with Crippen molar-refractivity contribution in [2.24, 2.45) is 11.7 Å². The molecule has 0 bridgehead atoms. The predicted molar refractivity (Wildman–Crippen MR) is 102 cm³/mol. The van der Waals surface area contributed by atoms with Gasteiger partial charge in [0.2, 0.25) is 0 Å². The molecular weight excluding hydrogens is 344 g/mol. The normalized spacial score (nSPS) is 14.3. The molecule has 2 aromatic rings. The van der Waals surface area contributed by atoms with Gasteiger partial charge in [-0.25, -0.2) is 0 Å². The van der Waals surface area contributed by atoms with Crippen molar-refractivity contribution in [3.8, 4) is 11.5 Å². The minimum absolute atomic E-state index is 0.00474. The van der Waals surface area contributed by atoms with Gasteiger partial charge in [-0.2, -0.15) is 0 Å². The Kier molecular flexibility index (Phi) is 5.64. The number of aryl methyl sites for hydroxylation is 1. The number of ether oxygens (including phenoxy) is 2. The Morgan fingerprint density at radius 1 is 1.15 bits per heavy atom. The summed E-state index contributed by atoms with van der Waals surface area (Å²) in [6.45, 7) is 1.79. The van der Waals surface area contributed by atoms with Crippen molar-refractivity contribution >= 4 is 11.8 Å². The molecule has 1 unspecified atom stereocenters. The number of primary amides is 1. The second-order valence-corrected chi connectivity index (χ2v) is 6.82. The first kappa shape index (κ1) is 18.8. The highest BCUT2D eigenvalue weighted by Crippen LogP contribution is 2.41. The van der Waals surface area contributed by atoms with Crippen LogP contribution in [0.1, 0.15) is 40.4 Å². The number of rotatable bonds is 8. The van der Waals surface area contributed by atoms with Gasteiger partial charge in [-0.15, -0.1) is 0 Å². The average Bonchev–Trinajstić information content (AvgIpc) is 3.50. The highest BCUT2D eigenvalue weighted by Gasteiger charge is 2.33. The van der Waals surface area contributed by atoms with E-state index in [1.54, 1.807) is 18.2 Å². The third-order valence-corrected chi connectivity index (χ3v) is 4.61. The zero-order valence-corrected chi connectivity index (χ0v) is 15.5. The number of hydrogen-bond donors (Lipinski definition) is 2. The van der Waals surface area contributed by atoms with Crippen LogP contribution in [0, 0.1) is 12.8 Å². The van der Waals surface area contributed by atoms with Crippen LogP contribution in [-0.2, 0) is 4.79 Å². The molecule has 6 heteroatoms. The molecule has 1 saturated carbocycles. The number of methoxy groups -OCH3 is 1. The van der Waals surface area contributed by atoms with Crippen molar-refractivity contribution in [3.63, 3.8) is 0 Å². The summed E-state index contributed by atoms with van der Waals surface area (Å²) in [4.78, 5) is 23.7. The Balaban J connectivity index is 1.76. The number of nitrogens with two attached hydrogens (primary N) is 1. The second-order valence-electron chi connectivity index (χ2n) is 6.82. The lowest BCUT2D eigenvalue weighted by molar-refractivity contribution is -0.119. The SMILES string of the molecule is COc1cc(C(=O)NC(c2ccc(C)cc2)C2CC2)ccc1OCC(N)=O. The summed E-state index contributed by atoms with van der Waals surface area (Å²) in [5.41, 5.74) is 7.87. The molecule has 142 valence electrons. The molecule has 3 rings (SSSR count). The highest BCUT2D eigenvalue weighted by molar-refractivity contribution is 5.95. The molecule has 0 saturated heterocycles.